The molecule has 0 aliphatic rings. The van der Waals surface area contributed by atoms with Crippen LogP contribution in [0.5, 0.6) is 0 Å². The summed E-state index contributed by atoms with van der Waals surface area (Å²) in [6.45, 7) is 2.59. The molecule has 1 aromatic rings. The molecular formula is C12H19F3N4. The molecule has 0 saturated carbocycles. The highest BCUT2D eigenvalue weighted by Crippen LogP contribution is 2.32. The summed E-state index contributed by atoms with van der Waals surface area (Å²) in [7, 11) is 5.34. The maximum atomic E-state index is 12.7. The molecule has 1 atom stereocenters. The summed E-state index contributed by atoms with van der Waals surface area (Å²) >= 11 is 0. The zero-order valence-corrected chi connectivity index (χ0v) is 11.5. The first kappa shape index (κ1) is 15.6. The average molecular weight is 276 g/mol. The van der Waals surface area contributed by atoms with Crippen LogP contribution < -0.4 is 10.6 Å². The Hall–Kier alpha value is -1.50. The highest BCUT2D eigenvalue weighted by atomic mass is 19.4. The van der Waals surface area contributed by atoms with Crippen molar-refractivity contribution in [3.05, 3.63) is 17.7 Å². The van der Waals surface area contributed by atoms with E-state index in [0.29, 0.717) is 6.54 Å². The molecule has 0 bridgehead atoms. The minimum atomic E-state index is -4.38. The predicted molar refractivity (Wildman–Crippen MR) is 70.4 cm³/mol. The van der Waals surface area contributed by atoms with Crippen molar-refractivity contribution in [1.29, 1.82) is 0 Å². The molecule has 2 N–H and O–H groups in total. The Morgan fingerprint density at radius 2 is 1.84 bits per heavy atom. The summed E-state index contributed by atoms with van der Waals surface area (Å²) in [5.41, 5.74) is -0.716. The molecule has 1 unspecified atom stereocenters. The van der Waals surface area contributed by atoms with E-state index in [0.717, 1.165) is 12.1 Å². The molecule has 0 aliphatic heterocycles. The number of pyridine rings is 1. The molecular weight excluding hydrogens is 257 g/mol. The highest BCUT2D eigenvalue weighted by Gasteiger charge is 2.31. The molecule has 0 radical (unpaired) electrons. The summed E-state index contributed by atoms with van der Waals surface area (Å²) in [5.74, 6) is 0.405. The third kappa shape index (κ3) is 4.94. The molecule has 19 heavy (non-hydrogen) atoms. The number of nitrogens with zero attached hydrogens (tertiary/aromatic N) is 2. The van der Waals surface area contributed by atoms with E-state index >= 15 is 0 Å². The molecule has 4 nitrogen and oxygen atoms in total. The van der Waals surface area contributed by atoms with Gasteiger partial charge in [0.25, 0.3) is 0 Å². The number of aromatic nitrogens is 1. The first-order valence-electron chi connectivity index (χ1n) is 5.90. The SMILES string of the molecule is CNc1cc(C(F)(F)F)cc(NC(C)CN(C)C)n1. The Kier molecular flexibility index (Phi) is 4.99. The van der Waals surface area contributed by atoms with Crippen LogP contribution in [0.1, 0.15) is 12.5 Å². The number of anilines is 2. The molecule has 7 heteroatoms. The minimum absolute atomic E-state index is 0.00399. The molecule has 0 fully saturated rings. The van der Waals surface area contributed by atoms with Gasteiger partial charge >= 0.3 is 6.18 Å². The van der Waals surface area contributed by atoms with Gasteiger partial charge in [0.1, 0.15) is 11.6 Å². The summed E-state index contributed by atoms with van der Waals surface area (Å²) in [4.78, 5) is 6.02. The maximum Gasteiger partial charge on any atom is 0.416 e. The van der Waals surface area contributed by atoms with E-state index in [4.69, 9.17) is 0 Å². The van der Waals surface area contributed by atoms with Crippen LogP contribution in [-0.4, -0.2) is 43.6 Å². The van der Waals surface area contributed by atoms with Crippen LogP contribution >= 0.6 is 0 Å². The molecule has 0 aromatic carbocycles. The van der Waals surface area contributed by atoms with Gasteiger partial charge in [-0.15, -0.1) is 0 Å². The smallest absolute Gasteiger partial charge is 0.373 e. The summed E-state index contributed by atoms with van der Waals surface area (Å²) in [5, 5.41) is 5.60. The molecule has 1 heterocycles. The van der Waals surface area contributed by atoms with Gasteiger partial charge in [-0.2, -0.15) is 13.2 Å². The van der Waals surface area contributed by atoms with Crippen LogP contribution in [0.2, 0.25) is 0 Å². The lowest BCUT2D eigenvalue weighted by atomic mass is 10.2. The zero-order valence-electron chi connectivity index (χ0n) is 11.5. The lowest BCUT2D eigenvalue weighted by Crippen LogP contribution is -2.30. The first-order valence-corrected chi connectivity index (χ1v) is 5.90. The molecule has 0 amide bonds. The van der Waals surface area contributed by atoms with E-state index < -0.39 is 11.7 Å². The van der Waals surface area contributed by atoms with Gasteiger partial charge in [-0.25, -0.2) is 4.98 Å². The van der Waals surface area contributed by atoms with Crippen molar-refractivity contribution in [2.24, 2.45) is 0 Å². The minimum Gasteiger partial charge on any atom is -0.373 e. The van der Waals surface area contributed by atoms with Crippen LogP contribution in [0, 0.1) is 0 Å². The number of alkyl halides is 3. The molecule has 0 spiro atoms. The second kappa shape index (κ2) is 6.10. The molecule has 0 aliphatic carbocycles. The second-order valence-electron chi connectivity index (χ2n) is 4.68. The van der Waals surface area contributed by atoms with Crippen LogP contribution in [0.4, 0.5) is 24.8 Å². The molecule has 108 valence electrons. The average Bonchev–Trinajstić information content (AvgIpc) is 2.25. The Bertz CT molecular complexity index is 418. The Morgan fingerprint density at radius 1 is 1.26 bits per heavy atom. The standard InChI is InChI=1S/C12H19F3N4/c1-8(7-19(3)4)17-11-6-9(12(13,14)15)5-10(16-2)18-11/h5-6,8H,7H2,1-4H3,(H2,16,17,18). The van der Waals surface area contributed by atoms with Gasteiger partial charge in [0.2, 0.25) is 0 Å². The number of halogens is 3. The van der Waals surface area contributed by atoms with E-state index in [1.165, 1.54) is 7.05 Å². The van der Waals surface area contributed by atoms with Gasteiger partial charge in [0.05, 0.1) is 5.56 Å². The fourth-order valence-electron chi connectivity index (χ4n) is 1.74. The lowest BCUT2D eigenvalue weighted by molar-refractivity contribution is -0.137. The third-order valence-corrected chi connectivity index (χ3v) is 2.44. The maximum absolute atomic E-state index is 12.7. The van der Waals surface area contributed by atoms with Gasteiger partial charge in [0, 0.05) is 19.6 Å². The number of nitrogens with one attached hydrogen (secondary N) is 2. The van der Waals surface area contributed by atoms with Crippen molar-refractivity contribution in [3.63, 3.8) is 0 Å². The van der Waals surface area contributed by atoms with Gasteiger partial charge in [-0.05, 0) is 33.2 Å². The van der Waals surface area contributed by atoms with Crippen LogP contribution in [0.3, 0.4) is 0 Å². The van der Waals surface area contributed by atoms with Crippen LogP contribution in [0.25, 0.3) is 0 Å². The van der Waals surface area contributed by atoms with Crippen LogP contribution in [-0.2, 0) is 6.18 Å². The lowest BCUT2D eigenvalue weighted by Gasteiger charge is -2.20. The van der Waals surface area contributed by atoms with Crippen LogP contribution in [0.15, 0.2) is 12.1 Å². The van der Waals surface area contributed by atoms with Crippen molar-refractivity contribution in [2.45, 2.75) is 19.1 Å². The molecule has 1 aromatic heterocycles. The van der Waals surface area contributed by atoms with Crippen molar-refractivity contribution in [3.8, 4) is 0 Å². The van der Waals surface area contributed by atoms with Crippen molar-refractivity contribution in [1.82, 2.24) is 9.88 Å². The van der Waals surface area contributed by atoms with Gasteiger partial charge in [0.15, 0.2) is 0 Å². The van der Waals surface area contributed by atoms with Crippen molar-refractivity contribution in [2.75, 3.05) is 38.3 Å². The normalized spacial score (nSPS) is 13.5. The zero-order chi connectivity index (χ0) is 14.6. The first-order chi connectivity index (χ1) is 8.72. The van der Waals surface area contributed by atoms with Gasteiger partial charge in [-0.1, -0.05) is 0 Å². The van der Waals surface area contributed by atoms with E-state index in [2.05, 4.69) is 15.6 Å². The van der Waals surface area contributed by atoms with Crippen molar-refractivity contribution < 1.29 is 13.2 Å². The Labute approximate surface area is 111 Å². The third-order valence-electron chi connectivity index (χ3n) is 2.44. The highest BCUT2D eigenvalue weighted by molar-refractivity contribution is 5.49. The topological polar surface area (TPSA) is 40.2 Å². The number of hydrogen-bond donors (Lipinski definition) is 2. The fourth-order valence-corrected chi connectivity index (χ4v) is 1.74. The monoisotopic (exact) mass is 276 g/mol. The fraction of sp³-hybridized carbons (Fsp3) is 0.583. The molecule has 1 rings (SSSR count). The number of hydrogen-bond acceptors (Lipinski definition) is 4. The number of likely N-dealkylation sites (N-methyl/N-ethyl adjacent to an activating group) is 1. The summed E-state index contributed by atoms with van der Waals surface area (Å²) in [6.07, 6.45) is -4.38. The van der Waals surface area contributed by atoms with E-state index in [-0.39, 0.29) is 17.7 Å². The Balaban J connectivity index is 2.94. The van der Waals surface area contributed by atoms with E-state index in [9.17, 15) is 13.2 Å². The quantitative estimate of drug-likeness (QED) is 0.867. The Morgan fingerprint density at radius 3 is 2.32 bits per heavy atom. The van der Waals surface area contributed by atoms with E-state index in [1.807, 2.05) is 25.9 Å². The second-order valence-corrected chi connectivity index (χ2v) is 4.68. The van der Waals surface area contributed by atoms with Gasteiger partial charge < -0.3 is 15.5 Å². The van der Waals surface area contributed by atoms with E-state index in [1.54, 1.807) is 0 Å². The summed E-state index contributed by atoms with van der Waals surface area (Å²) < 4.78 is 38.2. The molecule has 0 saturated heterocycles. The van der Waals surface area contributed by atoms with Crippen molar-refractivity contribution >= 4 is 11.6 Å². The number of rotatable bonds is 5. The summed E-state index contributed by atoms with van der Waals surface area (Å²) in [6, 6.07) is 2.00. The van der Waals surface area contributed by atoms with Gasteiger partial charge in [-0.3, -0.25) is 0 Å². The largest absolute Gasteiger partial charge is 0.416 e. The predicted octanol–water partition coefficient (Wildman–Crippen LogP) is 2.50.